The molecule has 0 bridgehead atoms. The molecular formula is C22H23N3O5S. The molecule has 0 spiro atoms. The molecule has 1 unspecified atom stereocenters. The number of rotatable bonds is 7. The molecule has 1 N–H and O–H groups in total. The molecule has 0 radical (unpaired) electrons. The van der Waals surface area contributed by atoms with E-state index in [1.165, 1.54) is 16.7 Å². The van der Waals surface area contributed by atoms with E-state index in [2.05, 4.69) is 10.3 Å². The second-order valence-corrected chi connectivity index (χ2v) is 7.82. The molecule has 1 heterocycles. The molecule has 2 aromatic carbocycles. The molecule has 1 saturated heterocycles. The first-order chi connectivity index (χ1) is 14.9. The van der Waals surface area contributed by atoms with Gasteiger partial charge in [-0.15, -0.1) is 0 Å². The van der Waals surface area contributed by atoms with Crippen molar-refractivity contribution in [3.05, 3.63) is 54.1 Å². The Morgan fingerprint density at radius 1 is 1.19 bits per heavy atom. The van der Waals surface area contributed by atoms with Crippen LogP contribution in [0.15, 0.2) is 53.5 Å². The second kappa shape index (κ2) is 10.1. The highest BCUT2D eigenvalue weighted by Gasteiger charge is 2.37. The van der Waals surface area contributed by atoms with Crippen LogP contribution in [0.4, 0.5) is 11.4 Å². The number of amides is 2. The quantitative estimate of drug-likeness (QED) is 0.661. The fourth-order valence-corrected chi connectivity index (χ4v) is 4.03. The van der Waals surface area contributed by atoms with Crippen LogP contribution in [0, 0.1) is 0 Å². The molecule has 9 heteroatoms. The molecule has 1 atom stereocenters. The number of anilines is 1. The third kappa shape index (κ3) is 5.64. The number of methoxy groups -OCH3 is 1. The maximum atomic E-state index is 12.6. The zero-order valence-corrected chi connectivity index (χ0v) is 18.3. The predicted molar refractivity (Wildman–Crippen MR) is 120 cm³/mol. The van der Waals surface area contributed by atoms with Crippen molar-refractivity contribution in [3.8, 4) is 5.75 Å². The van der Waals surface area contributed by atoms with E-state index in [9.17, 15) is 14.4 Å². The van der Waals surface area contributed by atoms with Crippen molar-refractivity contribution in [2.45, 2.75) is 18.6 Å². The monoisotopic (exact) mass is 441 g/mol. The van der Waals surface area contributed by atoms with E-state index >= 15 is 0 Å². The van der Waals surface area contributed by atoms with Crippen LogP contribution in [0.5, 0.6) is 5.75 Å². The molecule has 1 fully saturated rings. The van der Waals surface area contributed by atoms with E-state index in [1.54, 1.807) is 51.4 Å². The van der Waals surface area contributed by atoms with Crippen LogP contribution < -0.4 is 10.1 Å². The summed E-state index contributed by atoms with van der Waals surface area (Å²) in [7, 11) is 3.21. The van der Waals surface area contributed by atoms with E-state index < -0.39 is 11.2 Å². The summed E-state index contributed by atoms with van der Waals surface area (Å²) in [6.45, 7) is 2.03. The molecule has 1 aliphatic heterocycles. The first-order valence-corrected chi connectivity index (χ1v) is 10.5. The molecule has 1 aliphatic rings. The van der Waals surface area contributed by atoms with E-state index in [1.807, 2.05) is 18.2 Å². The minimum absolute atomic E-state index is 0.00456. The Bertz CT molecular complexity index is 1010. The Kier molecular flexibility index (Phi) is 7.30. The number of hydrogen-bond acceptors (Lipinski definition) is 7. The topological polar surface area (TPSA) is 97.3 Å². The molecule has 8 nitrogen and oxygen atoms in total. The van der Waals surface area contributed by atoms with E-state index in [0.29, 0.717) is 34.5 Å². The first kappa shape index (κ1) is 22.4. The summed E-state index contributed by atoms with van der Waals surface area (Å²) in [5.74, 6) is -0.229. The van der Waals surface area contributed by atoms with Crippen LogP contribution in [0.1, 0.15) is 23.7 Å². The van der Waals surface area contributed by atoms with Gasteiger partial charge < -0.3 is 14.8 Å². The number of carbonyl (C=O) groups is 3. The van der Waals surface area contributed by atoms with Gasteiger partial charge in [0, 0.05) is 25.2 Å². The summed E-state index contributed by atoms with van der Waals surface area (Å²) >= 11 is 1.25. The van der Waals surface area contributed by atoms with Crippen molar-refractivity contribution in [2.75, 3.05) is 26.1 Å². The van der Waals surface area contributed by atoms with Gasteiger partial charge in [0.2, 0.25) is 11.8 Å². The van der Waals surface area contributed by atoms with E-state index in [4.69, 9.17) is 9.47 Å². The number of benzene rings is 2. The summed E-state index contributed by atoms with van der Waals surface area (Å²) in [6, 6.07) is 13.6. The van der Waals surface area contributed by atoms with Crippen LogP contribution in [0.2, 0.25) is 0 Å². The number of esters is 1. The van der Waals surface area contributed by atoms with Gasteiger partial charge in [0.1, 0.15) is 11.0 Å². The van der Waals surface area contributed by atoms with E-state index in [0.717, 1.165) is 0 Å². The fourth-order valence-electron chi connectivity index (χ4n) is 2.87. The highest BCUT2D eigenvalue weighted by molar-refractivity contribution is 8.15. The van der Waals surface area contributed by atoms with Crippen molar-refractivity contribution < 1.29 is 23.9 Å². The lowest BCUT2D eigenvalue weighted by Gasteiger charge is -2.10. The highest BCUT2D eigenvalue weighted by atomic mass is 32.2. The predicted octanol–water partition coefficient (Wildman–Crippen LogP) is 3.46. The third-order valence-electron chi connectivity index (χ3n) is 4.47. The lowest BCUT2D eigenvalue weighted by atomic mass is 10.2. The second-order valence-electron chi connectivity index (χ2n) is 6.65. The Morgan fingerprint density at radius 2 is 1.94 bits per heavy atom. The van der Waals surface area contributed by atoms with Gasteiger partial charge in [-0.3, -0.25) is 14.5 Å². The van der Waals surface area contributed by atoms with Crippen molar-refractivity contribution >= 4 is 46.1 Å². The number of ether oxygens (including phenoxy) is 2. The zero-order chi connectivity index (χ0) is 22.4. The van der Waals surface area contributed by atoms with Crippen molar-refractivity contribution in [1.29, 1.82) is 0 Å². The van der Waals surface area contributed by atoms with Crippen molar-refractivity contribution in [1.82, 2.24) is 4.90 Å². The lowest BCUT2D eigenvalue weighted by Crippen LogP contribution is -2.30. The number of nitrogens with zero attached hydrogens (tertiary/aromatic N) is 2. The first-order valence-electron chi connectivity index (χ1n) is 9.65. The van der Waals surface area contributed by atoms with Gasteiger partial charge in [-0.25, -0.2) is 9.79 Å². The summed E-state index contributed by atoms with van der Waals surface area (Å²) in [4.78, 5) is 42.7. The van der Waals surface area contributed by atoms with Gasteiger partial charge in [0.15, 0.2) is 5.17 Å². The van der Waals surface area contributed by atoms with Crippen LogP contribution in [0.3, 0.4) is 0 Å². The molecule has 2 amide bonds. The maximum Gasteiger partial charge on any atom is 0.338 e. The molecule has 162 valence electrons. The van der Waals surface area contributed by atoms with Crippen molar-refractivity contribution in [3.63, 3.8) is 0 Å². The number of carbonyl (C=O) groups excluding carboxylic acids is 3. The molecule has 3 rings (SSSR count). The standard InChI is InChI=1S/C22H23N3O5S/c1-4-30-21(28)14-8-10-15(11-9-14)23-19(26)13-18-20(27)25(2)22(31-18)24-16-6-5-7-17(12-16)29-3/h5-12,18H,4,13H2,1-3H3,(H,23,26). The Balaban J connectivity index is 1.62. The normalized spacial score (nSPS) is 17.0. The summed E-state index contributed by atoms with van der Waals surface area (Å²) in [6.07, 6.45) is 0.00456. The lowest BCUT2D eigenvalue weighted by molar-refractivity contribution is -0.127. The molecule has 0 saturated carbocycles. The van der Waals surface area contributed by atoms with Gasteiger partial charge in [-0.05, 0) is 43.3 Å². The number of nitrogens with one attached hydrogen (secondary N) is 1. The SMILES string of the molecule is CCOC(=O)c1ccc(NC(=O)CC2SC(=Nc3cccc(OC)c3)N(C)C2=O)cc1. The maximum absolute atomic E-state index is 12.6. The summed E-state index contributed by atoms with van der Waals surface area (Å²) < 4.78 is 10.1. The molecular weight excluding hydrogens is 418 g/mol. The van der Waals surface area contributed by atoms with Crippen LogP contribution in [-0.2, 0) is 14.3 Å². The molecule has 0 aromatic heterocycles. The number of thioether (sulfide) groups is 1. The summed E-state index contributed by atoms with van der Waals surface area (Å²) in [5.41, 5.74) is 1.60. The zero-order valence-electron chi connectivity index (χ0n) is 17.5. The largest absolute Gasteiger partial charge is 0.497 e. The number of hydrogen-bond donors (Lipinski definition) is 1. The molecule has 0 aliphatic carbocycles. The molecule has 2 aromatic rings. The minimum atomic E-state index is -0.562. The average Bonchev–Trinajstić information content (AvgIpc) is 3.02. The van der Waals surface area contributed by atoms with Gasteiger partial charge in [-0.1, -0.05) is 17.8 Å². The Hall–Kier alpha value is -3.33. The average molecular weight is 442 g/mol. The molecule has 31 heavy (non-hydrogen) atoms. The van der Waals surface area contributed by atoms with Crippen molar-refractivity contribution in [2.24, 2.45) is 4.99 Å². The van der Waals surface area contributed by atoms with Crippen LogP contribution in [0.25, 0.3) is 0 Å². The Labute approximate surface area is 184 Å². The number of aliphatic imine (C=N–C) groups is 1. The van der Waals surface area contributed by atoms with Crippen LogP contribution in [-0.4, -0.2) is 53.9 Å². The van der Waals surface area contributed by atoms with Gasteiger partial charge in [-0.2, -0.15) is 0 Å². The van der Waals surface area contributed by atoms with Crippen LogP contribution >= 0.6 is 11.8 Å². The number of amidine groups is 1. The third-order valence-corrected chi connectivity index (χ3v) is 5.70. The summed E-state index contributed by atoms with van der Waals surface area (Å²) in [5, 5.41) is 2.71. The minimum Gasteiger partial charge on any atom is -0.497 e. The highest BCUT2D eigenvalue weighted by Crippen LogP contribution is 2.31. The van der Waals surface area contributed by atoms with Gasteiger partial charge in [0.25, 0.3) is 0 Å². The van der Waals surface area contributed by atoms with Gasteiger partial charge >= 0.3 is 5.97 Å². The van der Waals surface area contributed by atoms with E-state index in [-0.39, 0.29) is 18.2 Å². The Morgan fingerprint density at radius 3 is 2.61 bits per heavy atom. The fraction of sp³-hybridized carbons (Fsp3) is 0.273. The smallest absolute Gasteiger partial charge is 0.338 e. The van der Waals surface area contributed by atoms with Gasteiger partial charge in [0.05, 0.1) is 25.0 Å².